The maximum absolute atomic E-state index is 5.07. The molecule has 6 heteroatoms. The molecule has 11 rings (SSSR count). The molecule has 0 aliphatic rings. The Labute approximate surface area is 309 Å². The van der Waals surface area contributed by atoms with Gasteiger partial charge in [0, 0.05) is 55.8 Å². The van der Waals surface area contributed by atoms with E-state index >= 15 is 0 Å². The third-order valence-electron chi connectivity index (χ3n) is 10.3. The van der Waals surface area contributed by atoms with Crippen LogP contribution >= 0.6 is 0 Å². The average molecular weight is 689 g/mol. The summed E-state index contributed by atoms with van der Waals surface area (Å²) in [6.45, 7) is 0. The predicted molar refractivity (Wildman–Crippen MR) is 220 cm³/mol. The molecular formula is C48H28N6. The smallest absolute Gasteiger partial charge is 0.0972 e. The molecule has 54 heavy (non-hydrogen) atoms. The van der Waals surface area contributed by atoms with Crippen LogP contribution in [0.3, 0.4) is 0 Å². The van der Waals surface area contributed by atoms with E-state index in [0.29, 0.717) is 0 Å². The van der Waals surface area contributed by atoms with E-state index in [0.717, 1.165) is 110 Å². The molecule has 0 aliphatic heterocycles. The first-order valence-corrected chi connectivity index (χ1v) is 17.9. The van der Waals surface area contributed by atoms with Crippen LogP contribution in [0.5, 0.6) is 0 Å². The molecule has 6 heterocycles. The van der Waals surface area contributed by atoms with Crippen LogP contribution in [0.2, 0.25) is 0 Å². The molecule has 6 nitrogen and oxygen atoms in total. The Morgan fingerprint density at radius 2 is 0.685 bits per heavy atom. The van der Waals surface area contributed by atoms with E-state index < -0.39 is 0 Å². The lowest BCUT2D eigenvalue weighted by molar-refractivity contribution is 1.31. The lowest BCUT2D eigenvalue weighted by atomic mass is 10.0. The Hall–Kier alpha value is -7.44. The molecule has 0 saturated heterocycles. The highest BCUT2D eigenvalue weighted by atomic mass is 14.8. The number of fused-ring (bicyclic) bond motifs is 8. The van der Waals surface area contributed by atoms with Crippen LogP contribution in [0, 0.1) is 0 Å². The highest BCUT2D eigenvalue weighted by molar-refractivity contribution is 6.04. The van der Waals surface area contributed by atoms with Gasteiger partial charge in [-0.05, 0) is 65.7 Å². The third-order valence-corrected chi connectivity index (χ3v) is 10.3. The monoisotopic (exact) mass is 688 g/mol. The maximum atomic E-state index is 5.07. The molecule has 250 valence electrons. The summed E-state index contributed by atoms with van der Waals surface area (Å²) in [4.78, 5) is 29.4. The topological polar surface area (TPSA) is 77.3 Å². The molecule has 11 aromatic rings. The van der Waals surface area contributed by atoms with E-state index in [1.807, 2.05) is 36.7 Å². The summed E-state index contributed by atoms with van der Waals surface area (Å²) in [7, 11) is 0. The molecule has 0 spiro atoms. The summed E-state index contributed by atoms with van der Waals surface area (Å²) in [5, 5.41) is 6.46. The molecule has 0 aliphatic carbocycles. The van der Waals surface area contributed by atoms with Gasteiger partial charge in [-0.25, -0.2) is 19.9 Å². The summed E-state index contributed by atoms with van der Waals surface area (Å²) in [6.07, 6.45) is 3.64. The van der Waals surface area contributed by atoms with Gasteiger partial charge in [0.1, 0.15) is 0 Å². The number of nitrogens with zero attached hydrogens (tertiary/aromatic N) is 6. The van der Waals surface area contributed by atoms with Crippen molar-refractivity contribution in [1.29, 1.82) is 0 Å². The van der Waals surface area contributed by atoms with E-state index in [4.69, 9.17) is 19.9 Å². The van der Waals surface area contributed by atoms with Gasteiger partial charge in [-0.2, -0.15) is 0 Å². The number of rotatable bonds is 4. The Bertz CT molecular complexity index is 3280. The Morgan fingerprint density at radius 1 is 0.259 bits per heavy atom. The van der Waals surface area contributed by atoms with Crippen molar-refractivity contribution in [3.63, 3.8) is 0 Å². The highest BCUT2D eigenvalue weighted by Crippen LogP contribution is 2.32. The Kier molecular flexibility index (Phi) is 6.75. The first kappa shape index (κ1) is 30.2. The number of aromatic nitrogens is 6. The molecule has 0 radical (unpaired) electrons. The molecule has 0 N–H and O–H groups in total. The van der Waals surface area contributed by atoms with Crippen molar-refractivity contribution in [2.45, 2.75) is 0 Å². The zero-order valence-corrected chi connectivity index (χ0v) is 28.8. The quantitative estimate of drug-likeness (QED) is 0.171. The van der Waals surface area contributed by atoms with Gasteiger partial charge < -0.3 is 0 Å². The van der Waals surface area contributed by atoms with Gasteiger partial charge in [-0.3, -0.25) is 9.97 Å². The summed E-state index contributed by atoms with van der Waals surface area (Å²) in [6, 6.07) is 54.5. The number of benzene rings is 5. The molecular weight excluding hydrogens is 661 g/mol. The summed E-state index contributed by atoms with van der Waals surface area (Å²) in [5.74, 6) is 0. The number of hydrogen-bond donors (Lipinski definition) is 0. The van der Waals surface area contributed by atoms with Crippen LogP contribution in [-0.4, -0.2) is 29.9 Å². The molecule has 0 unspecified atom stereocenters. The second-order valence-corrected chi connectivity index (χ2v) is 13.6. The van der Waals surface area contributed by atoms with Crippen molar-refractivity contribution in [2.24, 2.45) is 0 Å². The molecule has 0 atom stereocenters. The minimum atomic E-state index is 0.826. The zero-order valence-electron chi connectivity index (χ0n) is 28.8. The Morgan fingerprint density at radius 3 is 1.35 bits per heavy atom. The van der Waals surface area contributed by atoms with E-state index in [1.165, 1.54) is 0 Å². The van der Waals surface area contributed by atoms with Crippen LogP contribution in [0.1, 0.15) is 0 Å². The van der Waals surface area contributed by atoms with Gasteiger partial charge in [0.05, 0.1) is 55.9 Å². The molecule has 5 aromatic carbocycles. The van der Waals surface area contributed by atoms with Gasteiger partial charge in [-0.1, -0.05) is 103 Å². The lowest BCUT2D eigenvalue weighted by Gasteiger charge is -2.09. The largest absolute Gasteiger partial charge is 0.254 e. The van der Waals surface area contributed by atoms with Crippen molar-refractivity contribution in [2.75, 3.05) is 0 Å². The van der Waals surface area contributed by atoms with E-state index in [9.17, 15) is 0 Å². The fraction of sp³-hybridized carbons (Fsp3) is 0. The lowest BCUT2D eigenvalue weighted by Crippen LogP contribution is -1.92. The standard InChI is InChI=1S/C48H28N6/c1-3-32-10-12-34-16-20-40(53-47(34)45(32)49-25-1)30-7-5-29(6-8-30)39-22-19-38-27-36(18-21-41(38)51-39)37-14-9-31-15-23-42(52-44(31)28-37)43-24-17-35-13-11-33-4-2-26-50-46(33)48(35)54-43/h1-28H. The van der Waals surface area contributed by atoms with Crippen LogP contribution < -0.4 is 0 Å². The first-order chi connectivity index (χ1) is 26.7. The van der Waals surface area contributed by atoms with Crippen molar-refractivity contribution in [3.8, 4) is 45.0 Å². The predicted octanol–water partition coefficient (Wildman–Crippen LogP) is 11.6. The van der Waals surface area contributed by atoms with Crippen molar-refractivity contribution in [3.05, 3.63) is 170 Å². The second kappa shape index (κ2) is 12.1. The van der Waals surface area contributed by atoms with E-state index in [2.05, 4.69) is 143 Å². The van der Waals surface area contributed by atoms with E-state index in [1.54, 1.807) is 0 Å². The van der Waals surface area contributed by atoms with Crippen LogP contribution in [0.25, 0.3) is 110 Å². The SMILES string of the molecule is c1cnc2c(c1)ccc1ccc(-c3ccc(-c4ccc5cc(-c6ccc7ccc(-c8ccc9ccc%10cccnc%10c9n8)nc7c6)ccc5n4)cc3)nc12. The van der Waals surface area contributed by atoms with Crippen molar-refractivity contribution < 1.29 is 0 Å². The minimum absolute atomic E-state index is 0.826. The second-order valence-electron chi connectivity index (χ2n) is 13.6. The average Bonchev–Trinajstić information content (AvgIpc) is 3.25. The highest BCUT2D eigenvalue weighted by Gasteiger charge is 2.11. The van der Waals surface area contributed by atoms with Gasteiger partial charge in [0.15, 0.2) is 0 Å². The van der Waals surface area contributed by atoms with Gasteiger partial charge in [0.25, 0.3) is 0 Å². The molecule has 0 amide bonds. The maximum Gasteiger partial charge on any atom is 0.0972 e. The summed E-state index contributed by atoms with van der Waals surface area (Å²) >= 11 is 0. The fourth-order valence-corrected chi connectivity index (χ4v) is 7.47. The molecule has 0 saturated carbocycles. The van der Waals surface area contributed by atoms with Crippen molar-refractivity contribution >= 4 is 65.4 Å². The van der Waals surface area contributed by atoms with Crippen LogP contribution in [0.15, 0.2) is 170 Å². The van der Waals surface area contributed by atoms with Gasteiger partial charge >= 0.3 is 0 Å². The fourth-order valence-electron chi connectivity index (χ4n) is 7.47. The van der Waals surface area contributed by atoms with Crippen LogP contribution in [0.4, 0.5) is 0 Å². The molecule has 6 aromatic heterocycles. The zero-order chi connectivity index (χ0) is 35.6. The Balaban J connectivity index is 0.885. The van der Waals surface area contributed by atoms with Gasteiger partial charge in [-0.15, -0.1) is 0 Å². The van der Waals surface area contributed by atoms with Crippen molar-refractivity contribution in [1.82, 2.24) is 29.9 Å². The third kappa shape index (κ3) is 5.12. The molecule has 0 fully saturated rings. The van der Waals surface area contributed by atoms with Crippen LogP contribution in [-0.2, 0) is 0 Å². The molecule has 0 bridgehead atoms. The number of pyridine rings is 6. The number of hydrogen-bond acceptors (Lipinski definition) is 6. The van der Waals surface area contributed by atoms with E-state index in [-0.39, 0.29) is 0 Å². The first-order valence-electron chi connectivity index (χ1n) is 17.9. The minimum Gasteiger partial charge on any atom is -0.254 e. The normalized spacial score (nSPS) is 11.7. The summed E-state index contributed by atoms with van der Waals surface area (Å²) < 4.78 is 0. The summed E-state index contributed by atoms with van der Waals surface area (Å²) in [5.41, 5.74) is 13.3. The van der Waals surface area contributed by atoms with Gasteiger partial charge in [0.2, 0.25) is 0 Å².